The smallest absolute Gasteiger partial charge is 0.404 e. The largest absolute Gasteiger partial charge is 0.446 e. The van der Waals surface area contributed by atoms with Gasteiger partial charge in [-0.15, -0.1) is 11.3 Å². The zero-order valence-electron chi connectivity index (χ0n) is 18.7. The molecule has 1 fully saturated rings. The maximum atomic E-state index is 13.3. The number of allylic oxidation sites excluding steroid dienone is 1. The lowest BCUT2D eigenvalue weighted by Gasteiger charge is -2.20. The molecule has 8 nitrogen and oxygen atoms in total. The predicted molar refractivity (Wildman–Crippen MR) is 133 cm³/mol. The van der Waals surface area contributed by atoms with E-state index in [2.05, 4.69) is 21.6 Å². The van der Waals surface area contributed by atoms with E-state index in [0.29, 0.717) is 35.7 Å². The number of nitrogens with two attached hydrogens (primary N) is 1. The van der Waals surface area contributed by atoms with Gasteiger partial charge in [0.25, 0.3) is 0 Å². The van der Waals surface area contributed by atoms with Crippen LogP contribution in [-0.4, -0.2) is 36.1 Å². The molecule has 1 amide bonds. The van der Waals surface area contributed by atoms with Crippen LogP contribution in [0.15, 0.2) is 47.4 Å². The van der Waals surface area contributed by atoms with Crippen molar-refractivity contribution >= 4 is 44.3 Å². The standard InChI is InChI=1S/C24H26N4O4S2/c1-14-12-23(28-27-14)26-16-4-9-19(22(13-16)34(30,31)18-7-8-18)21-11-10-20(33-21)15-2-5-17(6-3-15)32-24(25)29/h2,4,9-13,17-18H,3,5-8H2,1H3,(H2,25,29)(H2,26,27,28). The molecule has 2 heterocycles. The number of aryl methyl sites for hydroxylation is 1. The Morgan fingerprint density at radius 3 is 2.62 bits per heavy atom. The number of nitrogens with one attached hydrogen (secondary N) is 2. The summed E-state index contributed by atoms with van der Waals surface area (Å²) < 4.78 is 31.7. The number of carbonyl (C=O) groups excluding carboxylic acids is 1. The van der Waals surface area contributed by atoms with Crippen LogP contribution < -0.4 is 11.1 Å². The second-order valence-electron chi connectivity index (χ2n) is 8.74. The van der Waals surface area contributed by atoms with E-state index in [1.807, 2.05) is 37.3 Å². The van der Waals surface area contributed by atoms with Gasteiger partial charge in [0.05, 0.1) is 10.1 Å². The highest BCUT2D eigenvalue weighted by Gasteiger charge is 2.38. The van der Waals surface area contributed by atoms with E-state index in [-0.39, 0.29) is 11.4 Å². The van der Waals surface area contributed by atoms with Crippen molar-refractivity contribution in [3.63, 3.8) is 0 Å². The van der Waals surface area contributed by atoms with E-state index in [1.54, 1.807) is 17.4 Å². The van der Waals surface area contributed by atoms with Crippen molar-refractivity contribution in [2.75, 3.05) is 5.32 Å². The third-order valence-electron chi connectivity index (χ3n) is 6.06. The third kappa shape index (κ3) is 4.74. The van der Waals surface area contributed by atoms with Gasteiger partial charge in [0.1, 0.15) is 6.10 Å². The van der Waals surface area contributed by atoms with Crippen LogP contribution in [0.3, 0.4) is 0 Å². The van der Waals surface area contributed by atoms with E-state index < -0.39 is 15.9 Å². The molecule has 0 saturated heterocycles. The van der Waals surface area contributed by atoms with Crippen molar-refractivity contribution in [1.29, 1.82) is 0 Å². The second kappa shape index (κ2) is 8.92. The number of hydrogen-bond acceptors (Lipinski definition) is 7. The van der Waals surface area contributed by atoms with E-state index in [4.69, 9.17) is 10.5 Å². The molecular formula is C24H26N4O4S2. The normalized spacial score (nSPS) is 18.4. The van der Waals surface area contributed by atoms with Crippen molar-refractivity contribution in [3.8, 4) is 10.4 Å². The first-order chi connectivity index (χ1) is 16.3. The van der Waals surface area contributed by atoms with Gasteiger partial charge in [-0.2, -0.15) is 5.10 Å². The predicted octanol–water partition coefficient (Wildman–Crippen LogP) is 5.16. The molecule has 0 bridgehead atoms. The van der Waals surface area contributed by atoms with Crippen LogP contribution in [-0.2, 0) is 14.6 Å². The summed E-state index contributed by atoms with van der Waals surface area (Å²) in [5.41, 5.74) is 8.63. The molecule has 0 spiro atoms. The van der Waals surface area contributed by atoms with Gasteiger partial charge in [-0.3, -0.25) is 5.10 Å². The van der Waals surface area contributed by atoms with Gasteiger partial charge in [-0.1, -0.05) is 12.1 Å². The molecule has 178 valence electrons. The molecule has 34 heavy (non-hydrogen) atoms. The average Bonchev–Trinajstić information content (AvgIpc) is 3.43. The SMILES string of the molecule is Cc1cc(Nc2ccc(-c3ccc(C4=CCC(OC(N)=O)CC4)s3)c(S(=O)(=O)C3CC3)c2)n[nH]1. The number of sulfone groups is 1. The van der Waals surface area contributed by atoms with Gasteiger partial charge in [0.15, 0.2) is 15.7 Å². The Bertz CT molecular complexity index is 1370. The van der Waals surface area contributed by atoms with Crippen LogP contribution >= 0.6 is 11.3 Å². The zero-order chi connectivity index (χ0) is 23.9. The number of benzene rings is 1. The van der Waals surface area contributed by atoms with Gasteiger partial charge in [-0.25, -0.2) is 13.2 Å². The van der Waals surface area contributed by atoms with Crippen molar-refractivity contribution < 1.29 is 17.9 Å². The molecule has 1 saturated carbocycles. The van der Waals surface area contributed by atoms with Crippen LogP contribution in [0, 0.1) is 6.92 Å². The molecule has 5 rings (SSSR count). The lowest BCUT2D eigenvalue weighted by molar-refractivity contribution is 0.102. The fourth-order valence-corrected chi connectivity index (χ4v) is 7.26. The van der Waals surface area contributed by atoms with Crippen molar-refractivity contribution in [1.82, 2.24) is 10.2 Å². The summed E-state index contributed by atoms with van der Waals surface area (Å²) in [7, 11) is -3.43. The van der Waals surface area contributed by atoms with E-state index in [9.17, 15) is 13.2 Å². The summed E-state index contributed by atoms with van der Waals surface area (Å²) in [4.78, 5) is 13.4. The highest BCUT2D eigenvalue weighted by atomic mass is 32.2. The topological polar surface area (TPSA) is 127 Å². The van der Waals surface area contributed by atoms with Gasteiger partial charge < -0.3 is 15.8 Å². The van der Waals surface area contributed by atoms with Gasteiger partial charge in [0, 0.05) is 39.2 Å². The van der Waals surface area contributed by atoms with E-state index >= 15 is 0 Å². The van der Waals surface area contributed by atoms with Crippen LogP contribution in [0.2, 0.25) is 0 Å². The quantitative estimate of drug-likeness (QED) is 0.413. The number of H-pyrrole nitrogens is 1. The monoisotopic (exact) mass is 498 g/mol. The summed E-state index contributed by atoms with van der Waals surface area (Å²) in [6.07, 6.45) is 4.67. The number of anilines is 2. The molecule has 0 aliphatic heterocycles. The zero-order valence-corrected chi connectivity index (χ0v) is 20.3. The summed E-state index contributed by atoms with van der Waals surface area (Å²) in [6.45, 7) is 1.91. The first-order valence-electron chi connectivity index (χ1n) is 11.2. The lowest BCUT2D eigenvalue weighted by atomic mass is 9.96. The number of thiophene rings is 1. The Kier molecular flexibility index (Phi) is 5.95. The maximum absolute atomic E-state index is 13.3. The van der Waals surface area contributed by atoms with E-state index in [1.165, 1.54) is 5.57 Å². The minimum atomic E-state index is -3.43. The molecule has 1 aromatic carbocycles. The molecule has 4 N–H and O–H groups in total. The molecule has 10 heteroatoms. The Hall–Kier alpha value is -3.11. The van der Waals surface area contributed by atoms with E-state index in [0.717, 1.165) is 33.9 Å². The molecular weight excluding hydrogens is 472 g/mol. The molecule has 3 aromatic rings. The minimum absolute atomic E-state index is 0.186. The Morgan fingerprint density at radius 2 is 1.97 bits per heavy atom. The maximum Gasteiger partial charge on any atom is 0.404 e. The Labute approximate surface area is 202 Å². The molecule has 2 aromatic heterocycles. The number of primary amides is 1. The molecule has 1 atom stereocenters. The lowest BCUT2D eigenvalue weighted by Crippen LogP contribution is -2.23. The molecule has 2 aliphatic carbocycles. The van der Waals surface area contributed by atoms with Gasteiger partial charge in [-0.05, 0) is 62.4 Å². The summed E-state index contributed by atoms with van der Waals surface area (Å²) >= 11 is 1.58. The highest BCUT2D eigenvalue weighted by molar-refractivity contribution is 7.92. The van der Waals surface area contributed by atoms with Crippen LogP contribution in [0.4, 0.5) is 16.3 Å². The Morgan fingerprint density at radius 1 is 1.18 bits per heavy atom. The summed E-state index contributed by atoms with van der Waals surface area (Å²) in [6, 6.07) is 11.4. The number of carbonyl (C=O) groups is 1. The number of aromatic amines is 1. The summed E-state index contributed by atoms with van der Waals surface area (Å²) in [5.74, 6) is 0.640. The van der Waals surface area contributed by atoms with Crippen LogP contribution in [0.1, 0.15) is 42.7 Å². The molecule has 0 radical (unpaired) electrons. The first kappa shape index (κ1) is 22.7. The Balaban J connectivity index is 1.45. The number of hydrogen-bond donors (Lipinski definition) is 3. The summed E-state index contributed by atoms with van der Waals surface area (Å²) in [5, 5.41) is 9.95. The first-order valence-corrected chi connectivity index (χ1v) is 13.6. The minimum Gasteiger partial charge on any atom is -0.446 e. The van der Waals surface area contributed by atoms with Crippen molar-refractivity contribution in [2.24, 2.45) is 5.73 Å². The van der Waals surface area contributed by atoms with Crippen LogP contribution in [0.5, 0.6) is 0 Å². The van der Waals surface area contributed by atoms with Gasteiger partial charge >= 0.3 is 6.09 Å². The van der Waals surface area contributed by atoms with Crippen molar-refractivity contribution in [2.45, 2.75) is 55.3 Å². The average molecular weight is 499 g/mol. The number of nitrogens with zero attached hydrogens (tertiary/aromatic N) is 1. The highest BCUT2D eigenvalue weighted by Crippen LogP contribution is 2.43. The fourth-order valence-electron chi connectivity index (χ4n) is 4.19. The number of ether oxygens (including phenoxy) is 1. The number of rotatable bonds is 7. The third-order valence-corrected chi connectivity index (χ3v) is 9.56. The van der Waals surface area contributed by atoms with Gasteiger partial charge in [0.2, 0.25) is 0 Å². The second-order valence-corrected chi connectivity index (χ2v) is 12.0. The number of amides is 1. The number of aromatic nitrogens is 2. The van der Waals surface area contributed by atoms with Crippen LogP contribution in [0.25, 0.3) is 16.0 Å². The van der Waals surface area contributed by atoms with Crippen molar-refractivity contribution in [3.05, 3.63) is 53.0 Å². The fraction of sp³-hybridized carbons (Fsp3) is 0.333. The molecule has 2 aliphatic rings. The molecule has 1 unspecified atom stereocenters.